The summed E-state index contributed by atoms with van der Waals surface area (Å²) >= 11 is 0. The third kappa shape index (κ3) is 3.45. The van der Waals surface area contributed by atoms with E-state index < -0.39 is 0 Å². The van der Waals surface area contributed by atoms with Gasteiger partial charge in [0.15, 0.2) is 11.5 Å². The molecule has 1 atom stereocenters. The summed E-state index contributed by atoms with van der Waals surface area (Å²) in [4.78, 5) is 12.6. The van der Waals surface area contributed by atoms with Crippen LogP contribution in [0.3, 0.4) is 0 Å². The minimum absolute atomic E-state index is 0.164. The maximum absolute atomic E-state index is 12.6. The van der Waals surface area contributed by atoms with Gasteiger partial charge >= 0.3 is 0 Å². The van der Waals surface area contributed by atoms with Crippen molar-refractivity contribution in [3.8, 4) is 17.2 Å². The number of carbonyl (C=O) groups is 1. The summed E-state index contributed by atoms with van der Waals surface area (Å²) < 4.78 is 16.6. The normalized spacial score (nSPS) is 13.9. The topological polar surface area (TPSA) is 56.8 Å². The first-order valence-electron chi connectivity index (χ1n) is 8.11. The molecular weight excluding hydrogens is 306 g/mol. The van der Waals surface area contributed by atoms with Crippen molar-refractivity contribution in [3.05, 3.63) is 53.6 Å². The number of rotatable bonds is 5. The Hall–Kier alpha value is -2.69. The molecule has 0 saturated carbocycles. The fraction of sp³-hybridized carbons (Fsp3) is 0.316. The third-order valence-electron chi connectivity index (χ3n) is 3.85. The highest BCUT2D eigenvalue weighted by Crippen LogP contribution is 2.32. The van der Waals surface area contributed by atoms with Gasteiger partial charge in [-0.05, 0) is 43.7 Å². The quantitative estimate of drug-likeness (QED) is 0.915. The van der Waals surface area contributed by atoms with Crippen molar-refractivity contribution in [2.45, 2.75) is 19.9 Å². The average molecular weight is 327 g/mol. The maximum Gasteiger partial charge on any atom is 0.255 e. The molecule has 0 bridgehead atoms. The van der Waals surface area contributed by atoms with Crippen LogP contribution in [-0.4, -0.2) is 25.7 Å². The minimum atomic E-state index is -0.165. The van der Waals surface area contributed by atoms with E-state index in [0.29, 0.717) is 31.1 Å². The molecule has 0 aromatic heterocycles. The summed E-state index contributed by atoms with van der Waals surface area (Å²) in [7, 11) is 0. The predicted octanol–water partition coefficient (Wildman–Crippen LogP) is 3.35. The molecule has 5 nitrogen and oxygen atoms in total. The van der Waals surface area contributed by atoms with Crippen LogP contribution in [0, 0.1) is 0 Å². The molecule has 126 valence electrons. The van der Waals surface area contributed by atoms with E-state index in [2.05, 4.69) is 5.32 Å². The summed E-state index contributed by atoms with van der Waals surface area (Å²) in [5.41, 5.74) is 1.49. The minimum Gasteiger partial charge on any atom is -0.493 e. The van der Waals surface area contributed by atoms with Crippen LogP contribution in [0.25, 0.3) is 0 Å². The van der Waals surface area contributed by atoms with Crippen molar-refractivity contribution in [1.82, 2.24) is 5.32 Å². The summed E-state index contributed by atoms with van der Waals surface area (Å²) in [5, 5.41) is 3.00. The number of nitrogens with one attached hydrogen (secondary N) is 1. The van der Waals surface area contributed by atoms with Crippen LogP contribution in [0.15, 0.2) is 42.5 Å². The standard InChI is InChI=1S/C19H21NO4/c1-3-22-16-7-5-4-6-15(16)19(21)20-13(2)14-8-9-17-18(12-14)24-11-10-23-17/h4-9,12-13H,3,10-11H2,1-2H3,(H,20,21). The highest BCUT2D eigenvalue weighted by Gasteiger charge is 2.18. The van der Waals surface area contributed by atoms with Crippen molar-refractivity contribution < 1.29 is 19.0 Å². The second-order valence-corrected chi connectivity index (χ2v) is 5.53. The number of para-hydroxylation sites is 1. The molecule has 0 radical (unpaired) electrons. The van der Waals surface area contributed by atoms with E-state index in [9.17, 15) is 4.79 Å². The Morgan fingerprint density at radius 1 is 1.17 bits per heavy atom. The van der Waals surface area contributed by atoms with Crippen LogP contribution in [-0.2, 0) is 0 Å². The van der Waals surface area contributed by atoms with Gasteiger partial charge in [-0.3, -0.25) is 4.79 Å². The SMILES string of the molecule is CCOc1ccccc1C(=O)NC(C)c1ccc2c(c1)OCCO2. The van der Waals surface area contributed by atoms with Crippen LogP contribution < -0.4 is 19.5 Å². The lowest BCUT2D eigenvalue weighted by Gasteiger charge is -2.21. The highest BCUT2D eigenvalue weighted by molar-refractivity contribution is 5.97. The fourth-order valence-electron chi connectivity index (χ4n) is 2.62. The molecule has 3 rings (SSSR count). The predicted molar refractivity (Wildman–Crippen MR) is 90.9 cm³/mol. The number of carbonyl (C=O) groups excluding carboxylic acids is 1. The van der Waals surface area contributed by atoms with E-state index in [-0.39, 0.29) is 11.9 Å². The fourth-order valence-corrected chi connectivity index (χ4v) is 2.62. The van der Waals surface area contributed by atoms with Gasteiger partial charge in [0.2, 0.25) is 0 Å². The Labute approximate surface area is 141 Å². The van der Waals surface area contributed by atoms with Gasteiger partial charge in [0.05, 0.1) is 18.2 Å². The van der Waals surface area contributed by atoms with Crippen LogP contribution in [0.1, 0.15) is 35.8 Å². The van der Waals surface area contributed by atoms with E-state index in [1.54, 1.807) is 12.1 Å². The van der Waals surface area contributed by atoms with Gasteiger partial charge in [0.1, 0.15) is 19.0 Å². The van der Waals surface area contributed by atoms with E-state index in [0.717, 1.165) is 17.1 Å². The Morgan fingerprint density at radius 2 is 1.92 bits per heavy atom. The van der Waals surface area contributed by atoms with Gasteiger partial charge < -0.3 is 19.5 Å². The average Bonchev–Trinajstić information content (AvgIpc) is 2.62. The van der Waals surface area contributed by atoms with Gasteiger partial charge in [0, 0.05) is 0 Å². The van der Waals surface area contributed by atoms with E-state index >= 15 is 0 Å². The molecule has 2 aromatic rings. The molecule has 1 unspecified atom stereocenters. The van der Waals surface area contributed by atoms with E-state index in [4.69, 9.17) is 14.2 Å². The van der Waals surface area contributed by atoms with Gasteiger partial charge in [0.25, 0.3) is 5.91 Å². The molecule has 1 N–H and O–H groups in total. The largest absolute Gasteiger partial charge is 0.493 e. The van der Waals surface area contributed by atoms with Gasteiger partial charge in [-0.15, -0.1) is 0 Å². The van der Waals surface area contributed by atoms with Crippen molar-refractivity contribution >= 4 is 5.91 Å². The summed E-state index contributed by atoms with van der Waals surface area (Å²) in [5.74, 6) is 1.88. The van der Waals surface area contributed by atoms with Crippen LogP contribution in [0.4, 0.5) is 0 Å². The number of fused-ring (bicyclic) bond motifs is 1. The van der Waals surface area contributed by atoms with Crippen molar-refractivity contribution in [3.63, 3.8) is 0 Å². The summed E-state index contributed by atoms with van der Waals surface area (Å²) in [6.07, 6.45) is 0. The summed E-state index contributed by atoms with van der Waals surface area (Å²) in [6, 6.07) is 12.8. The zero-order chi connectivity index (χ0) is 16.9. The molecule has 0 aliphatic carbocycles. The molecule has 5 heteroatoms. The van der Waals surface area contributed by atoms with Gasteiger partial charge in [-0.25, -0.2) is 0 Å². The lowest BCUT2D eigenvalue weighted by atomic mass is 10.1. The number of ether oxygens (including phenoxy) is 3. The van der Waals surface area contributed by atoms with E-state index in [1.165, 1.54) is 0 Å². The molecule has 2 aromatic carbocycles. The Balaban J connectivity index is 1.75. The molecular formula is C19H21NO4. The summed E-state index contributed by atoms with van der Waals surface area (Å²) in [6.45, 7) is 5.45. The molecule has 0 saturated heterocycles. The monoisotopic (exact) mass is 327 g/mol. The van der Waals surface area contributed by atoms with E-state index in [1.807, 2.05) is 44.2 Å². The van der Waals surface area contributed by atoms with Crippen molar-refractivity contribution in [1.29, 1.82) is 0 Å². The second-order valence-electron chi connectivity index (χ2n) is 5.53. The molecule has 24 heavy (non-hydrogen) atoms. The Morgan fingerprint density at radius 3 is 2.71 bits per heavy atom. The van der Waals surface area contributed by atoms with Gasteiger partial charge in [-0.1, -0.05) is 18.2 Å². The number of hydrogen-bond acceptors (Lipinski definition) is 4. The molecule has 0 spiro atoms. The zero-order valence-electron chi connectivity index (χ0n) is 13.9. The first-order valence-corrected chi connectivity index (χ1v) is 8.11. The molecule has 1 heterocycles. The van der Waals surface area contributed by atoms with Crippen molar-refractivity contribution in [2.24, 2.45) is 0 Å². The number of hydrogen-bond donors (Lipinski definition) is 1. The van der Waals surface area contributed by atoms with Crippen LogP contribution in [0.2, 0.25) is 0 Å². The van der Waals surface area contributed by atoms with Crippen LogP contribution >= 0.6 is 0 Å². The Bertz CT molecular complexity index is 729. The lowest BCUT2D eigenvalue weighted by molar-refractivity contribution is 0.0936. The first-order chi connectivity index (χ1) is 11.7. The number of amides is 1. The van der Waals surface area contributed by atoms with Crippen molar-refractivity contribution in [2.75, 3.05) is 19.8 Å². The Kier molecular flexibility index (Phi) is 4.89. The molecule has 1 amide bonds. The third-order valence-corrected chi connectivity index (χ3v) is 3.85. The number of benzene rings is 2. The first kappa shape index (κ1) is 16.2. The smallest absolute Gasteiger partial charge is 0.255 e. The molecule has 0 fully saturated rings. The molecule has 1 aliphatic rings. The molecule has 1 aliphatic heterocycles. The lowest BCUT2D eigenvalue weighted by Crippen LogP contribution is -2.27. The zero-order valence-corrected chi connectivity index (χ0v) is 13.9. The van der Waals surface area contributed by atoms with Gasteiger partial charge in [-0.2, -0.15) is 0 Å². The highest BCUT2D eigenvalue weighted by atomic mass is 16.6. The van der Waals surface area contributed by atoms with Crippen LogP contribution in [0.5, 0.6) is 17.2 Å². The maximum atomic E-state index is 12.6. The second kappa shape index (κ2) is 7.25.